The average molecular weight is 419 g/mol. The molecule has 0 atom stereocenters. The first kappa shape index (κ1) is 21.1. The quantitative estimate of drug-likeness (QED) is 0.583. The predicted octanol–water partition coefficient (Wildman–Crippen LogP) is 2.88. The van der Waals surface area contributed by atoms with E-state index in [1.807, 2.05) is 13.8 Å². The molecule has 8 nitrogen and oxygen atoms in total. The molecule has 2 heterocycles. The molecule has 9 heteroatoms. The number of primary amides is 1. The highest BCUT2D eigenvalue weighted by Crippen LogP contribution is 2.32. The monoisotopic (exact) mass is 418 g/mol. The number of rotatable bonds is 8. The van der Waals surface area contributed by atoms with Gasteiger partial charge in [0.05, 0.1) is 17.0 Å². The average Bonchev–Trinajstić information content (AvgIpc) is 3.04. The molecule has 0 fully saturated rings. The van der Waals surface area contributed by atoms with Gasteiger partial charge in [-0.2, -0.15) is 4.31 Å². The molecular formula is C20H26N4O4S. The molecule has 156 valence electrons. The van der Waals surface area contributed by atoms with E-state index in [1.165, 1.54) is 4.31 Å². The lowest BCUT2D eigenvalue weighted by molar-refractivity contribution is 0.0996. The van der Waals surface area contributed by atoms with Gasteiger partial charge in [0.25, 0.3) is 5.91 Å². The van der Waals surface area contributed by atoms with Gasteiger partial charge < -0.3 is 15.5 Å². The number of sulfonamides is 1. The predicted molar refractivity (Wildman–Crippen MR) is 113 cm³/mol. The lowest BCUT2D eigenvalue weighted by Crippen LogP contribution is -2.30. The van der Waals surface area contributed by atoms with E-state index >= 15 is 0 Å². The smallest absolute Gasteiger partial charge is 0.269 e. The molecule has 0 saturated carbocycles. The highest BCUT2D eigenvalue weighted by Gasteiger charge is 2.23. The Kier molecular flexibility index (Phi) is 5.81. The van der Waals surface area contributed by atoms with Crippen molar-refractivity contribution in [2.75, 3.05) is 19.7 Å². The molecular weight excluding hydrogens is 392 g/mol. The minimum atomic E-state index is -3.62. The van der Waals surface area contributed by atoms with Gasteiger partial charge >= 0.3 is 0 Å². The summed E-state index contributed by atoms with van der Waals surface area (Å²) in [5, 5.41) is 1.30. The van der Waals surface area contributed by atoms with E-state index in [1.54, 1.807) is 38.1 Å². The van der Waals surface area contributed by atoms with Crippen molar-refractivity contribution in [2.45, 2.75) is 32.6 Å². The van der Waals surface area contributed by atoms with Gasteiger partial charge in [-0.25, -0.2) is 13.4 Å². The van der Waals surface area contributed by atoms with Crippen LogP contribution >= 0.6 is 0 Å². The van der Waals surface area contributed by atoms with E-state index in [-0.39, 0.29) is 22.4 Å². The van der Waals surface area contributed by atoms with Crippen LogP contribution in [0.5, 0.6) is 5.88 Å². The minimum absolute atomic E-state index is 0.0607. The van der Waals surface area contributed by atoms with Crippen LogP contribution in [0.25, 0.3) is 21.8 Å². The first-order valence-corrected chi connectivity index (χ1v) is 11.0. The number of carbonyl (C=O) groups excluding carboxylic acids is 1. The summed E-state index contributed by atoms with van der Waals surface area (Å²) in [7, 11) is -3.62. The molecule has 0 aliphatic heterocycles. The Morgan fingerprint density at radius 1 is 1.21 bits per heavy atom. The summed E-state index contributed by atoms with van der Waals surface area (Å²) in [5.74, 6) is -0.135. The number of benzene rings is 1. The van der Waals surface area contributed by atoms with E-state index in [4.69, 9.17) is 10.5 Å². The Labute approximate surface area is 170 Å². The molecule has 1 aromatic carbocycles. The number of nitrogens with zero attached hydrogens (tertiary/aromatic N) is 2. The molecule has 0 bridgehead atoms. The van der Waals surface area contributed by atoms with Crippen molar-refractivity contribution >= 4 is 37.7 Å². The van der Waals surface area contributed by atoms with Crippen molar-refractivity contribution < 1.29 is 17.9 Å². The zero-order valence-corrected chi connectivity index (χ0v) is 17.8. The third-order valence-electron chi connectivity index (χ3n) is 4.68. The standard InChI is InChI=1S/C20H26N4O4S/c1-5-24(6-2)29(26,27)13-7-8-16-14(9-13)15-10-17(28-11-12(3)4)23-19(20(21)25)18(15)22-16/h7-10,12,22H,5-6,11H2,1-4H3,(H2,21,25). The summed E-state index contributed by atoms with van der Waals surface area (Å²) >= 11 is 0. The van der Waals surface area contributed by atoms with Crippen LogP contribution in [0, 0.1) is 5.92 Å². The number of carbonyl (C=O) groups is 1. The fraction of sp³-hybridized carbons (Fsp3) is 0.400. The zero-order valence-electron chi connectivity index (χ0n) is 17.0. The second-order valence-electron chi connectivity index (χ2n) is 7.22. The van der Waals surface area contributed by atoms with Gasteiger partial charge in [-0.05, 0) is 24.1 Å². The van der Waals surface area contributed by atoms with Gasteiger partial charge in [-0.1, -0.05) is 27.7 Å². The van der Waals surface area contributed by atoms with Crippen LogP contribution in [0.4, 0.5) is 0 Å². The van der Waals surface area contributed by atoms with Crippen LogP contribution in [0.15, 0.2) is 29.2 Å². The highest BCUT2D eigenvalue weighted by molar-refractivity contribution is 7.89. The largest absolute Gasteiger partial charge is 0.477 e. The summed E-state index contributed by atoms with van der Waals surface area (Å²) in [6.45, 7) is 8.80. The Morgan fingerprint density at radius 2 is 1.90 bits per heavy atom. The van der Waals surface area contributed by atoms with Crippen LogP contribution in [-0.4, -0.2) is 48.3 Å². The van der Waals surface area contributed by atoms with Crippen LogP contribution < -0.4 is 10.5 Å². The number of aromatic amines is 1. The van der Waals surface area contributed by atoms with Crippen molar-refractivity contribution in [3.63, 3.8) is 0 Å². The zero-order chi connectivity index (χ0) is 21.3. The molecule has 1 amide bonds. The lowest BCUT2D eigenvalue weighted by atomic mass is 10.1. The Balaban J connectivity index is 2.24. The van der Waals surface area contributed by atoms with Crippen LogP contribution in [0.2, 0.25) is 0 Å². The summed E-state index contributed by atoms with van der Waals surface area (Å²) in [5.41, 5.74) is 6.73. The fourth-order valence-electron chi connectivity index (χ4n) is 3.23. The molecule has 3 N–H and O–H groups in total. The molecule has 0 spiro atoms. The molecule has 29 heavy (non-hydrogen) atoms. The van der Waals surface area contributed by atoms with Crippen molar-refractivity contribution in [3.05, 3.63) is 30.0 Å². The molecule has 0 radical (unpaired) electrons. The maximum atomic E-state index is 12.9. The number of fused-ring (bicyclic) bond motifs is 3. The Bertz CT molecular complexity index is 1160. The van der Waals surface area contributed by atoms with Gasteiger partial charge in [0, 0.05) is 35.4 Å². The van der Waals surface area contributed by atoms with Gasteiger partial charge in [0.1, 0.15) is 0 Å². The number of nitrogens with two attached hydrogens (primary N) is 1. The molecule has 0 aliphatic rings. The highest BCUT2D eigenvalue weighted by atomic mass is 32.2. The molecule has 3 aromatic rings. The first-order chi connectivity index (χ1) is 13.7. The topological polar surface area (TPSA) is 118 Å². The van der Waals surface area contributed by atoms with Crippen molar-refractivity contribution in [1.82, 2.24) is 14.3 Å². The van der Waals surface area contributed by atoms with Crippen LogP contribution in [-0.2, 0) is 10.0 Å². The van der Waals surface area contributed by atoms with E-state index in [9.17, 15) is 13.2 Å². The lowest BCUT2D eigenvalue weighted by Gasteiger charge is -2.18. The molecule has 0 unspecified atom stereocenters. The van der Waals surface area contributed by atoms with E-state index in [2.05, 4.69) is 9.97 Å². The summed E-state index contributed by atoms with van der Waals surface area (Å²) in [6.07, 6.45) is 0. The number of H-pyrrole nitrogens is 1. The Morgan fingerprint density at radius 3 is 2.48 bits per heavy atom. The first-order valence-electron chi connectivity index (χ1n) is 9.58. The van der Waals surface area contributed by atoms with E-state index in [0.717, 1.165) is 0 Å². The van der Waals surface area contributed by atoms with Gasteiger partial charge in [-0.3, -0.25) is 4.79 Å². The second kappa shape index (κ2) is 8.00. The van der Waals surface area contributed by atoms with E-state index < -0.39 is 15.9 Å². The number of hydrogen-bond acceptors (Lipinski definition) is 5. The number of pyridine rings is 1. The minimum Gasteiger partial charge on any atom is -0.477 e. The number of amides is 1. The summed E-state index contributed by atoms with van der Waals surface area (Å²) < 4.78 is 32.9. The van der Waals surface area contributed by atoms with Crippen molar-refractivity contribution in [3.8, 4) is 5.88 Å². The van der Waals surface area contributed by atoms with Crippen molar-refractivity contribution in [1.29, 1.82) is 0 Å². The number of ether oxygens (including phenoxy) is 1. The van der Waals surface area contributed by atoms with E-state index in [0.29, 0.717) is 41.5 Å². The van der Waals surface area contributed by atoms with Crippen molar-refractivity contribution in [2.24, 2.45) is 11.7 Å². The third kappa shape index (κ3) is 3.92. The molecule has 0 saturated heterocycles. The number of hydrogen-bond donors (Lipinski definition) is 2. The SMILES string of the molecule is CCN(CC)S(=O)(=O)c1ccc2[nH]c3c(C(N)=O)nc(OCC(C)C)cc3c2c1. The maximum Gasteiger partial charge on any atom is 0.269 e. The number of aromatic nitrogens is 2. The fourth-order valence-corrected chi connectivity index (χ4v) is 4.71. The molecule has 2 aromatic heterocycles. The third-order valence-corrected chi connectivity index (χ3v) is 6.72. The van der Waals surface area contributed by atoms with Gasteiger partial charge in [0.2, 0.25) is 15.9 Å². The van der Waals surface area contributed by atoms with Gasteiger partial charge in [-0.15, -0.1) is 0 Å². The van der Waals surface area contributed by atoms with Crippen LogP contribution in [0.1, 0.15) is 38.2 Å². The normalized spacial score (nSPS) is 12.3. The van der Waals surface area contributed by atoms with Crippen LogP contribution in [0.3, 0.4) is 0 Å². The molecule has 0 aliphatic carbocycles. The number of nitrogens with one attached hydrogen (secondary N) is 1. The summed E-state index contributed by atoms with van der Waals surface area (Å²) in [6, 6.07) is 6.56. The Hall–Kier alpha value is -2.65. The van der Waals surface area contributed by atoms with Gasteiger partial charge in [0.15, 0.2) is 5.69 Å². The maximum absolute atomic E-state index is 12.9. The molecule has 3 rings (SSSR count). The summed E-state index contributed by atoms with van der Waals surface area (Å²) in [4.78, 5) is 19.5. The second-order valence-corrected chi connectivity index (χ2v) is 9.16.